The molecule has 3 heterocycles. The van der Waals surface area contributed by atoms with Gasteiger partial charge in [0.25, 0.3) is 0 Å². The molecule has 1 amide bonds. The van der Waals surface area contributed by atoms with Gasteiger partial charge in [0.1, 0.15) is 5.37 Å². The molecule has 4 aliphatic rings. The van der Waals surface area contributed by atoms with Crippen LogP contribution in [0.25, 0.3) is 0 Å². The van der Waals surface area contributed by atoms with Crippen LogP contribution in [0, 0.1) is 23.3 Å². The number of carbonyl (C=O) groups is 1. The van der Waals surface area contributed by atoms with E-state index in [1.165, 1.54) is 49.2 Å². The summed E-state index contributed by atoms with van der Waals surface area (Å²) in [4.78, 5) is 15.8. The molecule has 4 fully saturated rings. The molecule has 5 atom stereocenters. The molecule has 6 heteroatoms. The van der Waals surface area contributed by atoms with E-state index in [4.69, 9.17) is 5.26 Å². The van der Waals surface area contributed by atoms with Crippen molar-refractivity contribution in [3.05, 3.63) is 35.9 Å². The summed E-state index contributed by atoms with van der Waals surface area (Å²) in [5.41, 5.74) is 1.33. The fraction of sp³-hybridized carbons (Fsp3) is 0.652. The van der Waals surface area contributed by atoms with Gasteiger partial charge in [-0.3, -0.25) is 10.1 Å². The van der Waals surface area contributed by atoms with E-state index in [-0.39, 0.29) is 5.37 Å². The smallest absolute Gasteiger partial charge is 0.248 e. The average Bonchev–Trinajstić information content (AvgIpc) is 3.09. The molecule has 2 unspecified atom stereocenters. The zero-order valence-electron chi connectivity index (χ0n) is 17.1. The Labute approximate surface area is 175 Å². The molecule has 2 N–H and O–H groups in total. The van der Waals surface area contributed by atoms with Crippen molar-refractivity contribution in [3.63, 3.8) is 0 Å². The summed E-state index contributed by atoms with van der Waals surface area (Å²) in [6.07, 6.45) is 8.63. The van der Waals surface area contributed by atoms with Crippen molar-refractivity contribution >= 4 is 15.9 Å². The highest BCUT2D eigenvalue weighted by Crippen LogP contribution is 2.61. The normalized spacial score (nSPS) is 36.5. The van der Waals surface area contributed by atoms with Gasteiger partial charge in [0.05, 0.1) is 0 Å². The van der Waals surface area contributed by atoms with Crippen LogP contribution in [0.1, 0.15) is 43.7 Å². The molecule has 1 aliphatic carbocycles. The number of likely N-dealkylation sites (tertiary alicyclic amines) is 1. The van der Waals surface area contributed by atoms with E-state index in [0.717, 1.165) is 18.8 Å². The number of nitrogens with one attached hydrogen (secondary N) is 2. The number of benzene rings is 1. The minimum atomic E-state index is -0.994. The first kappa shape index (κ1) is 19.3. The number of fused-ring (bicyclic) bond motifs is 1. The zero-order valence-corrected chi connectivity index (χ0v) is 17.9. The maximum absolute atomic E-state index is 13.7. The molecule has 3 aliphatic heterocycles. The van der Waals surface area contributed by atoms with Crippen LogP contribution in [0.2, 0.25) is 0 Å². The molecule has 1 aromatic carbocycles. The van der Waals surface area contributed by atoms with Crippen molar-refractivity contribution in [1.29, 1.82) is 5.26 Å². The lowest BCUT2D eigenvalue weighted by Crippen LogP contribution is -2.47. The van der Waals surface area contributed by atoms with Crippen LogP contribution in [0.4, 0.5) is 0 Å². The highest BCUT2D eigenvalue weighted by atomic mass is 32.3. The number of nitriles is 1. The molecule has 5 nitrogen and oxygen atoms in total. The van der Waals surface area contributed by atoms with Crippen molar-refractivity contribution in [1.82, 2.24) is 15.5 Å². The second kappa shape index (κ2) is 7.85. The Morgan fingerprint density at radius 1 is 1.07 bits per heavy atom. The van der Waals surface area contributed by atoms with E-state index in [1.807, 2.05) is 0 Å². The van der Waals surface area contributed by atoms with Crippen molar-refractivity contribution in [2.45, 2.75) is 49.6 Å². The van der Waals surface area contributed by atoms with Gasteiger partial charge in [-0.15, -0.1) is 0 Å². The number of hydrogen-bond donors (Lipinski definition) is 2. The van der Waals surface area contributed by atoms with Crippen molar-refractivity contribution < 1.29 is 4.79 Å². The summed E-state index contributed by atoms with van der Waals surface area (Å²) in [6, 6.07) is 11.3. The van der Waals surface area contributed by atoms with Crippen molar-refractivity contribution in [3.8, 4) is 6.19 Å². The minimum absolute atomic E-state index is 0.0192. The summed E-state index contributed by atoms with van der Waals surface area (Å²) in [6.45, 7) is 1.65. The number of hydrogen-bond acceptors (Lipinski definition) is 4. The molecule has 29 heavy (non-hydrogen) atoms. The van der Waals surface area contributed by atoms with Crippen LogP contribution in [-0.4, -0.2) is 52.6 Å². The monoisotopic (exact) mass is 412 g/mol. The van der Waals surface area contributed by atoms with E-state index < -0.39 is 10.0 Å². The molecule has 0 radical (unpaired) electrons. The lowest BCUT2D eigenvalue weighted by molar-refractivity contribution is -0.130. The average molecular weight is 413 g/mol. The van der Waals surface area contributed by atoms with Crippen LogP contribution in [0.3, 0.4) is 0 Å². The number of rotatable bonds is 3. The number of piperidine rings is 1. The van der Waals surface area contributed by atoms with E-state index in [9.17, 15) is 4.79 Å². The summed E-state index contributed by atoms with van der Waals surface area (Å²) >= 11 is 0. The van der Waals surface area contributed by atoms with Crippen LogP contribution in [0.15, 0.2) is 30.3 Å². The van der Waals surface area contributed by atoms with Gasteiger partial charge < -0.3 is 10.2 Å². The zero-order chi connectivity index (χ0) is 19.8. The maximum Gasteiger partial charge on any atom is 0.248 e. The second-order valence-electron chi connectivity index (χ2n) is 9.32. The lowest BCUT2D eigenvalue weighted by Gasteiger charge is -2.43. The topological polar surface area (TPSA) is 68.2 Å². The highest BCUT2D eigenvalue weighted by molar-refractivity contribution is 8.34. The predicted molar refractivity (Wildman–Crippen MR) is 117 cm³/mol. The highest BCUT2D eigenvalue weighted by Gasteiger charge is 2.58. The Morgan fingerprint density at radius 2 is 1.72 bits per heavy atom. The summed E-state index contributed by atoms with van der Waals surface area (Å²) in [5.74, 6) is 4.97. The summed E-state index contributed by atoms with van der Waals surface area (Å²) in [7, 11) is -0.994. The number of amides is 1. The summed E-state index contributed by atoms with van der Waals surface area (Å²) in [5, 5.41) is 15.6. The van der Waals surface area contributed by atoms with E-state index >= 15 is 0 Å². The summed E-state index contributed by atoms with van der Waals surface area (Å²) < 4.78 is 0. The molecule has 5 rings (SSSR count). The van der Waals surface area contributed by atoms with Gasteiger partial charge in [-0.1, -0.05) is 49.6 Å². The molecule has 156 valence electrons. The Balaban J connectivity index is 1.35. The van der Waals surface area contributed by atoms with Crippen LogP contribution in [-0.2, 0) is 4.79 Å². The van der Waals surface area contributed by atoms with E-state index in [1.54, 1.807) is 0 Å². The van der Waals surface area contributed by atoms with Crippen LogP contribution in [0.5, 0.6) is 0 Å². The van der Waals surface area contributed by atoms with Gasteiger partial charge >= 0.3 is 0 Å². The molecule has 0 aromatic heterocycles. The number of carbonyl (C=O) groups excluding carboxylic acids is 1. The molecular weight excluding hydrogens is 380 g/mol. The third-order valence-electron chi connectivity index (χ3n) is 7.62. The van der Waals surface area contributed by atoms with Crippen LogP contribution < -0.4 is 10.6 Å². The first-order chi connectivity index (χ1) is 14.2. The number of nitrogens with zero attached hydrogens (tertiary/aromatic N) is 2. The third-order valence-corrected chi connectivity index (χ3v) is 12.2. The van der Waals surface area contributed by atoms with Gasteiger partial charge in [-0.25, -0.2) is 10.0 Å². The van der Waals surface area contributed by atoms with Gasteiger partial charge in [0, 0.05) is 37.0 Å². The predicted octanol–water partition coefficient (Wildman–Crippen LogP) is 2.95. The Kier molecular flexibility index (Phi) is 5.21. The molecule has 1 saturated carbocycles. The van der Waals surface area contributed by atoms with Gasteiger partial charge in [0.15, 0.2) is 6.19 Å². The van der Waals surface area contributed by atoms with Gasteiger partial charge in [-0.05, 0) is 35.7 Å². The lowest BCUT2D eigenvalue weighted by atomic mass is 10.1. The first-order valence-electron chi connectivity index (χ1n) is 11.2. The van der Waals surface area contributed by atoms with Crippen molar-refractivity contribution in [2.75, 3.05) is 30.3 Å². The van der Waals surface area contributed by atoms with Gasteiger partial charge in [0.2, 0.25) is 5.91 Å². The quantitative estimate of drug-likeness (QED) is 0.592. The van der Waals surface area contributed by atoms with E-state index in [2.05, 4.69) is 52.1 Å². The Hall–Kier alpha value is -1.71. The second-order valence-corrected chi connectivity index (χ2v) is 13.2. The first-order valence-corrected chi connectivity index (χ1v) is 13.4. The van der Waals surface area contributed by atoms with Crippen LogP contribution >= 0.6 is 10.0 Å². The Morgan fingerprint density at radius 3 is 2.38 bits per heavy atom. The molecular formula is C23H32N4OS. The molecule has 0 bridgehead atoms. The largest absolute Gasteiger partial charge is 0.340 e. The Bertz CT molecular complexity index is 774. The van der Waals surface area contributed by atoms with E-state index in [0.29, 0.717) is 29.8 Å². The van der Waals surface area contributed by atoms with Gasteiger partial charge in [-0.2, -0.15) is 5.26 Å². The third kappa shape index (κ3) is 3.53. The molecule has 1 spiro atoms. The minimum Gasteiger partial charge on any atom is -0.340 e. The standard InChI is InChI=1S/C23H32N4OS/c24-16-25-21-18-13-27(14-19(18)21)23(28)22-26-20(17-9-5-4-6-10-17)15-29(22)11-7-2-1-3-8-12-29/h4-6,9-10,18-22,25-26H,1-3,7-8,11-15H2/t18-,19+,20?,21+,22?. The maximum atomic E-state index is 13.7. The fourth-order valence-electron chi connectivity index (χ4n) is 5.94. The molecule has 1 aromatic rings. The SMILES string of the molecule is N#CN[C@H]1[C@@H]2CN(C(=O)C3NC(c4ccccc4)CS34CCCCCCC4)C[C@@H]21. The fourth-order valence-corrected chi connectivity index (χ4v) is 10.7. The molecule has 3 saturated heterocycles. The van der Waals surface area contributed by atoms with Crippen molar-refractivity contribution in [2.24, 2.45) is 11.8 Å².